The molecule has 2 aliphatic rings. The van der Waals surface area contributed by atoms with Gasteiger partial charge in [-0.25, -0.2) is 0 Å². The normalized spacial score (nSPS) is 27.5. The SMILES string of the molecule is CCCCc1ccc([C@H]2CC[C@H]([C@H]3CC[C@H](CCC=CC=CC#N)CC3)CC2)cc1. The monoisotopic (exact) mass is 403 g/mol. The van der Waals surface area contributed by atoms with E-state index in [9.17, 15) is 0 Å². The standard InChI is InChI=1S/C29H41N/c1-2-3-9-24-11-15-26(16-12-24)28-19-21-29(22-20-28)27-17-13-25(14-18-27)10-7-5-4-6-8-23-30/h4-6,8,11-12,15-16,25,27-29H,2-3,7,9-10,13-14,17-22H2,1H3/t25-,27-,28-,29-. The van der Waals surface area contributed by atoms with Crippen molar-refractivity contribution in [1.29, 1.82) is 5.26 Å². The van der Waals surface area contributed by atoms with Crippen molar-refractivity contribution in [3.63, 3.8) is 0 Å². The zero-order chi connectivity index (χ0) is 21.0. The molecule has 30 heavy (non-hydrogen) atoms. The number of hydrogen-bond donors (Lipinski definition) is 0. The van der Waals surface area contributed by atoms with Crippen LogP contribution in [0.15, 0.2) is 48.6 Å². The summed E-state index contributed by atoms with van der Waals surface area (Å²) in [7, 11) is 0. The molecule has 0 radical (unpaired) electrons. The minimum absolute atomic E-state index is 0.805. The van der Waals surface area contributed by atoms with Gasteiger partial charge in [-0.1, -0.05) is 68.7 Å². The quantitative estimate of drug-likeness (QED) is 0.299. The molecular weight excluding hydrogens is 362 g/mol. The summed E-state index contributed by atoms with van der Waals surface area (Å²) in [6.07, 6.45) is 25.4. The first-order valence-electron chi connectivity index (χ1n) is 12.6. The van der Waals surface area contributed by atoms with Crippen LogP contribution in [0.3, 0.4) is 0 Å². The Hall–Kier alpha value is -1.81. The Balaban J connectivity index is 1.35. The van der Waals surface area contributed by atoms with Crippen LogP contribution in [0.25, 0.3) is 0 Å². The van der Waals surface area contributed by atoms with Crippen LogP contribution in [0.1, 0.15) is 101 Å². The summed E-state index contributed by atoms with van der Waals surface area (Å²) in [6.45, 7) is 2.27. The van der Waals surface area contributed by atoms with Crippen LogP contribution in [-0.4, -0.2) is 0 Å². The van der Waals surface area contributed by atoms with Gasteiger partial charge in [-0.3, -0.25) is 0 Å². The van der Waals surface area contributed by atoms with Gasteiger partial charge in [0.15, 0.2) is 0 Å². The second-order valence-corrected chi connectivity index (χ2v) is 9.73. The number of rotatable bonds is 9. The Morgan fingerprint density at radius 1 is 0.900 bits per heavy atom. The van der Waals surface area contributed by atoms with Gasteiger partial charge in [0.05, 0.1) is 6.07 Å². The van der Waals surface area contributed by atoms with Gasteiger partial charge in [0, 0.05) is 6.08 Å². The first-order valence-corrected chi connectivity index (χ1v) is 12.6. The van der Waals surface area contributed by atoms with Crippen LogP contribution in [0.5, 0.6) is 0 Å². The summed E-state index contributed by atoms with van der Waals surface area (Å²) in [5.41, 5.74) is 3.11. The second-order valence-electron chi connectivity index (χ2n) is 9.73. The third-order valence-electron chi connectivity index (χ3n) is 7.76. The molecule has 2 saturated carbocycles. The van der Waals surface area contributed by atoms with Crippen LogP contribution in [0.2, 0.25) is 0 Å². The number of unbranched alkanes of at least 4 members (excludes halogenated alkanes) is 1. The third-order valence-corrected chi connectivity index (χ3v) is 7.76. The first kappa shape index (κ1) is 22.9. The molecule has 0 saturated heterocycles. The maximum absolute atomic E-state index is 8.50. The van der Waals surface area contributed by atoms with E-state index in [0.29, 0.717) is 0 Å². The molecule has 0 N–H and O–H groups in total. The molecule has 0 heterocycles. The van der Waals surface area contributed by atoms with Gasteiger partial charge in [-0.2, -0.15) is 5.26 Å². The molecule has 2 aliphatic carbocycles. The van der Waals surface area contributed by atoms with E-state index in [4.69, 9.17) is 5.26 Å². The van der Waals surface area contributed by atoms with Crippen molar-refractivity contribution < 1.29 is 0 Å². The van der Waals surface area contributed by atoms with Gasteiger partial charge in [-0.15, -0.1) is 0 Å². The number of benzene rings is 1. The number of nitrogens with zero attached hydrogens (tertiary/aromatic N) is 1. The minimum Gasteiger partial charge on any atom is -0.193 e. The molecule has 1 heteroatoms. The van der Waals surface area contributed by atoms with Gasteiger partial charge >= 0.3 is 0 Å². The lowest BCUT2D eigenvalue weighted by atomic mass is 9.68. The molecule has 162 valence electrons. The molecule has 0 unspecified atom stereocenters. The fourth-order valence-electron chi connectivity index (χ4n) is 5.81. The molecule has 1 aromatic carbocycles. The molecule has 1 nitrogen and oxygen atoms in total. The molecule has 1 aromatic rings. The highest BCUT2D eigenvalue weighted by Gasteiger charge is 2.31. The Morgan fingerprint density at radius 2 is 1.57 bits per heavy atom. The highest BCUT2D eigenvalue weighted by atomic mass is 14.4. The van der Waals surface area contributed by atoms with E-state index in [1.165, 1.54) is 82.6 Å². The summed E-state index contributed by atoms with van der Waals surface area (Å²) >= 11 is 0. The zero-order valence-electron chi connectivity index (χ0n) is 19.1. The fraction of sp³-hybridized carbons (Fsp3) is 0.621. The van der Waals surface area contributed by atoms with Crippen molar-refractivity contribution in [3.05, 3.63) is 59.7 Å². The Labute approximate surface area is 185 Å². The summed E-state index contributed by atoms with van der Waals surface area (Å²) in [5.74, 6) is 3.71. The lowest BCUT2D eigenvalue weighted by molar-refractivity contribution is 0.157. The highest BCUT2D eigenvalue weighted by molar-refractivity contribution is 5.26. The van der Waals surface area contributed by atoms with E-state index in [0.717, 1.165) is 30.1 Å². The van der Waals surface area contributed by atoms with Gasteiger partial charge in [0.25, 0.3) is 0 Å². The van der Waals surface area contributed by atoms with Crippen molar-refractivity contribution in [2.24, 2.45) is 17.8 Å². The summed E-state index contributed by atoms with van der Waals surface area (Å²) < 4.78 is 0. The van der Waals surface area contributed by atoms with E-state index in [1.807, 2.05) is 18.2 Å². The minimum atomic E-state index is 0.805. The predicted molar refractivity (Wildman–Crippen MR) is 128 cm³/mol. The van der Waals surface area contributed by atoms with Crippen LogP contribution in [0.4, 0.5) is 0 Å². The third kappa shape index (κ3) is 7.16. The lowest BCUT2D eigenvalue weighted by Crippen LogP contribution is -2.25. The van der Waals surface area contributed by atoms with Gasteiger partial charge < -0.3 is 0 Å². The average molecular weight is 404 g/mol. The van der Waals surface area contributed by atoms with Crippen LogP contribution in [0, 0.1) is 29.1 Å². The molecule has 2 fully saturated rings. The Kier molecular flexibility index (Phi) is 9.75. The van der Waals surface area contributed by atoms with Gasteiger partial charge in [0.2, 0.25) is 0 Å². The number of hydrogen-bond acceptors (Lipinski definition) is 1. The largest absolute Gasteiger partial charge is 0.193 e. The summed E-state index contributed by atoms with van der Waals surface area (Å²) in [5, 5.41) is 8.50. The zero-order valence-corrected chi connectivity index (χ0v) is 19.1. The van der Waals surface area contributed by atoms with E-state index in [1.54, 1.807) is 11.6 Å². The Morgan fingerprint density at radius 3 is 2.20 bits per heavy atom. The van der Waals surface area contributed by atoms with Crippen molar-refractivity contribution in [2.45, 2.75) is 96.3 Å². The van der Waals surface area contributed by atoms with E-state index < -0.39 is 0 Å². The smallest absolute Gasteiger partial charge is 0.0912 e. The van der Waals surface area contributed by atoms with E-state index in [2.05, 4.69) is 37.3 Å². The summed E-state index contributed by atoms with van der Waals surface area (Å²) in [4.78, 5) is 0. The van der Waals surface area contributed by atoms with Crippen molar-refractivity contribution in [1.82, 2.24) is 0 Å². The van der Waals surface area contributed by atoms with Crippen LogP contribution in [-0.2, 0) is 6.42 Å². The molecular formula is C29H41N. The maximum atomic E-state index is 8.50. The second kappa shape index (κ2) is 12.8. The first-order chi connectivity index (χ1) is 14.8. The lowest BCUT2D eigenvalue weighted by Gasteiger charge is -2.38. The average Bonchev–Trinajstić information content (AvgIpc) is 2.81. The van der Waals surface area contributed by atoms with Crippen molar-refractivity contribution in [3.8, 4) is 6.07 Å². The van der Waals surface area contributed by atoms with E-state index in [-0.39, 0.29) is 0 Å². The fourth-order valence-corrected chi connectivity index (χ4v) is 5.81. The van der Waals surface area contributed by atoms with Gasteiger partial charge in [0.1, 0.15) is 0 Å². The highest BCUT2D eigenvalue weighted by Crippen LogP contribution is 2.44. The molecule has 0 aliphatic heterocycles. The molecule has 0 bridgehead atoms. The Bertz CT molecular complexity index is 689. The number of nitriles is 1. The van der Waals surface area contributed by atoms with Crippen LogP contribution < -0.4 is 0 Å². The molecule has 3 rings (SSSR count). The maximum Gasteiger partial charge on any atom is 0.0912 e. The molecule has 0 aromatic heterocycles. The van der Waals surface area contributed by atoms with Crippen molar-refractivity contribution >= 4 is 0 Å². The topological polar surface area (TPSA) is 23.8 Å². The number of allylic oxidation sites excluding steroid dienone is 4. The molecule has 0 atom stereocenters. The molecule has 0 spiro atoms. The van der Waals surface area contributed by atoms with Crippen molar-refractivity contribution in [2.75, 3.05) is 0 Å². The van der Waals surface area contributed by atoms with E-state index >= 15 is 0 Å². The van der Waals surface area contributed by atoms with Crippen LogP contribution >= 0.6 is 0 Å². The number of aryl methyl sites for hydroxylation is 1. The predicted octanol–water partition coefficient (Wildman–Crippen LogP) is 8.53. The van der Waals surface area contributed by atoms with Gasteiger partial charge in [-0.05, 0) is 99.0 Å². The molecule has 0 amide bonds. The summed E-state index contributed by atoms with van der Waals surface area (Å²) in [6, 6.07) is 11.6.